The zero-order valence-electron chi connectivity index (χ0n) is 22.0. The van der Waals surface area contributed by atoms with E-state index in [4.69, 9.17) is 4.74 Å². The van der Waals surface area contributed by atoms with E-state index in [1.807, 2.05) is 6.92 Å². The SMILES string of the molecule is CC(C)[C@H](C)[C@@H](O)[C@H](O)[C@@H](C)[C@@H]1CC[C@@H]2[C@H]3COC(=O)[C@H]4C[C@H](O)[C@H](O)C[C@]4(C)[C@H]3CC[C@@]21C. The van der Waals surface area contributed by atoms with Crippen molar-refractivity contribution < 1.29 is 30.0 Å². The Morgan fingerprint density at radius 2 is 1.56 bits per heavy atom. The Morgan fingerprint density at radius 1 is 0.912 bits per heavy atom. The number of aliphatic hydroxyl groups excluding tert-OH is 4. The number of rotatable bonds is 5. The average Bonchev–Trinajstić information content (AvgIpc) is 3.09. The Hall–Kier alpha value is -0.690. The molecule has 0 amide bonds. The molecule has 0 aromatic rings. The Bertz CT molecular complexity index is 755. The van der Waals surface area contributed by atoms with Crippen molar-refractivity contribution in [1.82, 2.24) is 0 Å². The highest BCUT2D eigenvalue weighted by Gasteiger charge is 2.63. The molecule has 4 rings (SSSR count). The van der Waals surface area contributed by atoms with Gasteiger partial charge in [0.2, 0.25) is 0 Å². The van der Waals surface area contributed by atoms with Gasteiger partial charge in [0, 0.05) is 0 Å². The Kier molecular flexibility index (Phi) is 7.23. The molecule has 3 aliphatic carbocycles. The van der Waals surface area contributed by atoms with Crippen LogP contribution in [0.3, 0.4) is 0 Å². The second kappa shape index (κ2) is 9.32. The highest BCUT2D eigenvalue weighted by molar-refractivity contribution is 5.74. The zero-order chi connectivity index (χ0) is 25.2. The van der Waals surface area contributed by atoms with Gasteiger partial charge in [0.05, 0.1) is 36.9 Å². The van der Waals surface area contributed by atoms with E-state index in [0.717, 1.165) is 25.7 Å². The highest BCUT2D eigenvalue weighted by atomic mass is 16.5. The summed E-state index contributed by atoms with van der Waals surface area (Å²) in [5.41, 5.74) is -0.345. The fraction of sp³-hybridized carbons (Fsp3) is 0.964. The molecule has 6 nitrogen and oxygen atoms in total. The van der Waals surface area contributed by atoms with Crippen LogP contribution in [0.4, 0.5) is 0 Å². The van der Waals surface area contributed by atoms with Crippen LogP contribution in [0.2, 0.25) is 0 Å². The summed E-state index contributed by atoms with van der Waals surface area (Å²) in [5, 5.41) is 42.9. The molecule has 1 heterocycles. The fourth-order valence-electron chi connectivity index (χ4n) is 8.95. The summed E-state index contributed by atoms with van der Waals surface area (Å²) in [6.45, 7) is 13.2. The summed E-state index contributed by atoms with van der Waals surface area (Å²) in [6, 6.07) is 0. The number of aliphatic hydroxyl groups is 4. The van der Waals surface area contributed by atoms with E-state index < -0.39 is 24.4 Å². The monoisotopic (exact) mass is 480 g/mol. The Labute approximate surface area is 205 Å². The van der Waals surface area contributed by atoms with Gasteiger partial charge in [-0.2, -0.15) is 0 Å². The van der Waals surface area contributed by atoms with Crippen LogP contribution in [0, 0.1) is 58.2 Å². The minimum atomic E-state index is -0.867. The maximum absolute atomic E-state index is 13.0. The lowest BCUT2D eigenvalue weighted by atomic mass is 9.48. The van der Waals surface area contributed by atoms with Crippen molar-refractivity contribution in [2.24, 2.45) is 58.2 Å². The molecule has 4 aliphatic rings. The van der Waals surface area contributed by atoms with Crippen molar-refractivity contribution in [2.75, 3.05) is 6.61 Å². The molecule has 4 fully saturated rings. The van der Waals surface area contributed by atoms with Gasteiger partial charge in [-0.1, -0.05) is 41.5 Å². The predicted molar refractivity (Wildman–Crippen MR) is 130 cm³/mol. The summed E-state index contributed by atoms with van der Waals surface area (Å²) in [6.07, 6.45) is 1.61. The second-order valence-electron chi connectivity index (χ2n) is 13.3. The third-order valence-electron chi connectivity index (χ3n) is 11.5. The van der Waals surface area contributed by atoms with Crippen LogP contribution in [-0.2, 0) is 9.53 Å². The summed E-state index contributed by atoms with van der Waals surface area (Å²) in [7, 11) is 0. The van der Waals surface area contributed by atoms with Gasteiger partial charge in [0.25, 0.3) is 0 Å². The molecule has 0 unspecified atom stereocenters. The number of hydrogen-bond donors (Lipinski definition) is 4. The van der Waals surface area contributed by atoms with Crippen LogP contribution in [0.15, 0.2) is 0 Å². The topological polar surface area (TPSA) is 107 Å². The summed E-state index contributed by atoms with van der Waals surface area (Å²) >= 11 is 0. The van der Waals surface area contributed by atoms with Gasteiger partial charge < -0.3 is 25.2 Å². The standard InChI is InChI=1S/C28H48O6/c1-14(2)15(3)24(31)25(32)16(4)18-7-8-19-17-13-34-26(33)21-11-22(29)23(30)12-28(21,6)20(17)9-10-27(18,19)5/h14-25,29-32H,7-13H2,1-6H3/t15-,16-,17+,18-,19+,20-,21+,22-,23+,24+,25+,27+,28+/m0/s1. The first-order valence-electron chi connectivity index (χ1n) is 13.7. The van der Waals surface area contributed by atoms with Gasteiger partial charge in [0.1, 0.15) is 0 Å². The lowest BCUT2D eigenvalue weighted by molar-refractivity contribution is -0.162. The first-order valence-corrected chi connectivity index (χ1v) is 13.7. The normalized spacial score (nSPS) is 48.1. The van der Waals surface area contributed by atoms with E-state index in [0.29, 0.717) is 30.8 Å². The van der Waals surface area contributed by atoms with Gasteiger partial charge in [-0.25, -0.2) is 0 Å². The van der Waals surface area contributed by atoms with Gasteiger partial charge in [-0.3, -0.25) is 4.79 Å². The summed E-state index contributed by atoms with van der Waals surface area (Å²) in [5.74, 6) is 0.948. The van der Waals surface area contributed by atoms with Crippen LogP contribution < -0.4 is 0 Å². The molecule has 1 aliphatic heterocycles. The molecule has 13 atom stereocenters. The number of hydrogen-bond acceptors (Lipinski definition) is 6. The average molecular weight is 481 g/mol. The van der Waals surface area contributed by atoms with Crippen LogP contribution in [-0.4, -0.2) is 57.4 Å². The number of esters is 1. The fourth-order valence-corrected chi connectivity index (χ4v) is 8.95. The van der Waals surface area contributed by atoms with E-state index in [9.17, 15) is 25.2 Å². The van der Waals surface area contributed by atoms with Crippen molar-refractivity contribution >= 4 is 5.97 Å². The molecule has 0 spiro atoms. The van der Waals surface area contributed by atoms with Crippen molar-refractivity contribution in [1.29, 1.82) is 0 Å². The number of cyclic esters (lactones) is 1. The minimum Gasteiger partial charge on any atom is -0.465 e. The van der Waals surface area contributed by atoms with E-state index in [1.165, 1.54) is 0 Å². The van der Waals surface area contributed by atoms with Crippen molar-refractivity contribution in [3.8, 4) is 0 Å². The smallest absolute Gasteiger partial charge is 0.309 e. The maximum atomic E-state index is 13.0. The molecule has 0 radical (unpaired) electrons. The van der Waals surface area contributed by atoms with Crippen molar-refractivity contribution in [3.63, 3.8) is 0 Å². The molecule has 0 aromatic carbocycles. The van der Waals surface area contributed by atoms with E-state index >= 15 is 0 Å². The molecule has 3 saturated carbocycles. The zero-order valence-corrected chi connectivity index (χ0v) is 22.0. The largest absolute Gasteiger partial charge is 0.465 e. The molecule has 6 heteroatoms. The number of carbonyl (C=O) groups excluding carboxylic acids is 1. The van der Waals surface area contributed by atoms with Crippen molar-refractivity contribution in [3.05, 3.63) is 0 Å². The molecule has 4 N–H and O–H groups in total. The molecule has 0 aromatic heterocycles. The van der Waals surface area contributed by atoms with Gasteiger partial charge in [0.15, 0.2) is 0 Å². The highest BCUT2D eigenvalue weighted by Crippen LogP contribution is 2.66. The minimum absolute atomic E-state index is 0.00827. The van der Waals surface area contributed by atoms with E-state index in [2.05, 4.69) is 34.6 Å². The lowest BCUT2D eigenvalue weighted by Gasteiger charge is -2.56. The van der Waals surface area contributed by atoms with Crippen LogP contribution in [0.25, 0.3) is 0 Å². The van der Waals surface area contributed by atoms with Gasteiger partial charge in [-0.15, -0.1) is 0 Å². The van der Waals surface area contributed by atoms with Crippen LogP contribution in [0.5, 0.6) is 0 Å². The predicted octanol–water partition coefficient (Wildman–Crippen LogP) is 3.39. The third kappa shape index (κ3) is 4.05. The van der Waals surface area contributed by atoms with Gasteiger partial charge in [-0.05, 0) is 90.8 Å². The lowest BCUT2D eigenvalue weighted by Crippen LogP contribution is -2.55. The van der Waals surface area contributed by atoms with Gasteiger partial charge >= 0.3 is 5.97 Å². The number of fused-ring (bicyclic) bond motifs is 5. The first kappa shape index (κ1) is 26.4. The second-order valence-corrected chi connectivity index (χ2v) is 13.3. The number of ether oxygens (including phenoxy) is 1. The Balaban J connectivity index is 1.58. The van der Waals surface area contributed by atoms with Crippen LogP contribution in [0.1, 0.15) is 80.1 Å². The van der Waals surface area contributed by atoms with Crippen LogP contribution >= 0.6 is 0 Å². The molecular formula is C28H48O6. The Morgan fingerprint density at radius 3 is 2.21 bits per heavy atom. The molecule has 196 valence electrons. The third-order valence-corrected chi connectivity index (χ3v) is 11.5. The number of carbonyl (C=O) groups is 1. The maximum Gasteiger partial charge on any atom is 0.309 e. The molecular weight excluding hydrogens is 432 g/mol. The quantitative estimate of drug-likeness (QED) is 0.450. The van der Waals surface area contributed by atoms with Crippen molar-refractivity contribution in [2.45, 2.75) is 104 Å². The molecule has 34 heavy (non-hydrogen) atoms. The van der Waals surface area contributed by atoms with E-state index in [-0.39, 0.29) is 52.8 Å². The molecule has 0 bridgehead atoms. The molecule has 1 saturated heterocycles. The summed E-state index contributed by atoms with van der Waals surface area (Å²) in [4.78, 5) is 13.0. The summed E-state index contributed by atoms with van der Waals surface area (Å²) < 4.78 is 5.86. The van der Waals surface area contributed by atoms with E-state index in [1.54, 1.807) is 0 Å². The first-order chi connectivity index (χ1) is 15.8.